The maximum absolute atomic E-state index is 14.5. The van der Waals surface area contributed by atoms with E-state index in [9.17, 15) is 14.0 Å². The van der Waals surface area contributed by atoms with Gasteiger partial charge in [0.05, 0.1) is 24.8 Å². The van der Waals surface area contributed by atoms with Gasteiger partial charge in [-0.1, -0.05) is 0 Å². The Morgan fingerprint density at radius 2 is 2.06 bits per heavy atom. The third-order valence-corrected chi connectivity index (χ3v) is 6.36. The van der Waals surface area contributed by atoms with E-state index in [0.717, 1.165) is 12.8 Å². The van der Waals surface area contributed by atoms with Crippen molar-refractivity contribution in [2.45, 2.75) is 32.2 Å². The molecule has 0 bridgehead atoms. The van der Waals surface area contributed by atoms with Crippen molar-refractivity contribution in [3.05, 3.63) is 36.0 Å². The lowest BCUT2D eigenvalue weighted by Gasteiger charge is -2.15. The van der Waals surface area contributed by atoms with Gasteiger partial charge in [0.25, 0.3) is 5.91 Å². The van der Waals surface area contributed by atoms with Crippen LogP contribution in [-0.2, 0) is 4.79 Å². The van der Waals surface area contributed by atoms with Gasteiger partial charge >= 0.3 is 0 Å². The average Bonchev–Trinajstić information content (AvgIpc) is 3.35. The second kappa shape index (κ2) is 8.92. The van der Waals surface area contributed by atoms with Gasteiger partial charge in [0.15, 0.2) is 11.6 Å². The number of nitrogens with zero attached hydrogens (tertiary/aromatic N) is 3. The average molecular weight is 468 g/mol. The van der Waals surface area contributed by atoms with Crippen LogP contribution in [0, 0.1) is 11.7 Å². The molecular formula is C24H26FN5O4. The summed E-state index contributed by atoms with van der Waals surface area (Å²) in [5.74, 6) is 0.107. The molecule has 3 heterocycles. The minimum Gasteiger partial charge on any atom is -0.494 e. The van der Waals surface area contributed by atoms with Gasteiger partial charge in [0.1, 0.15) is 23.3 Å². The summed E-state index contributed by atoms with van der Waals surface area (Å²) in [5.41, 5.74) is 2.38. The lowest BCUT2D eigenvalue weighted by Crippen LogP contribution is -2.37. The van der Waals surface area contributed by atoms with Crippen molar-refractivity contribution in [3.63, 3.8) is 0 Å². The number of carbonyl (C=O) groups is 2. The van der Waals surface area contributed by atoms with Crippen molar-refractivity contribution in [1.82, 2.24) is 25.2 Å². The van der Waals surface area contributed by atoms with Crippen LogP contribution in [0.4, 0.5) is 4.39 Å². The van der Waals surface area contributed by atoms with Crippen molar-refractivity contribution in [1.29, 1.82) is 0 Å². The standard InChI is InChI=1S/C24H26FN5O4/c1-13(31)30-6-5-15(10-30)29-24(32)17-9-26-23-21(27-12-28-22(17)23)16-7-20(33-2)18(25)8-19(16)34-11-14-3-4-14/h7-9,12,14-15,26H,3-6,10-11H2,1-2H3,(H,29,32)/t15-/m1/s1. The highest BCUT2D eigenvalue weighted by molar-refractivity contribution is 6.08. The van der Waals surface area contributed by atoms with Crippen molar-refractivity contribution in [2.24, 2.45) is 5.92 Å². The zero-order valence-corrected chi connectivity index (χ0v) is 19.1. The van der Waals surface area contributed by atoms with E-state index >= 15 is 0 Å². The van der Waals surface area contributed by atoms with Gasteiger partial charge in [0, 0.05) is 43.9 Å². The summed E-state index contributed by atoms with van der Waals surface area (Å²) in [6, 6.07) is 2.74. The quantitative estimate of drug-likeness (QED) is 0.553. The molecule has 2 fully saturated rings. The number of likely N-dealkylation sites (tertiary alicyclic amines) is 1. The lowest BCUT2D eigenvalue weighted by atomic mass is 10.1. The summed E-state index contributed by atoms with van der Waals surface area (Å²) < 4.78 is 25.6. The van der Waals surface area contributed by atoms with E-state index < -0.39 is 5.82 Å². The molecule has 2 aromatic heterocycles. The van der Waals surface area contributed by atoms with Gasteiger partial charge in [-0.15, -0.1) is 0 Å². The van der Waals surface area contributed by atoms with Gasteiger partial charge in [-0.2, -0.15) is 0 Å². The Balaban J connectivity index is 1.47. The molecule has 5 rings (SSSR count). The maximum atomic E-state index is 14.5. The number of halogens is 1. The monoisotopic (exact) mass is 467 g/mol. The predicted octanol–water partition coefficient (Wildman–Crippen LogP) is 2.91. The highest BCUT2D eigenvalue weighted by Gasteiger charge is 2.28. The maximum Gasteiger partial charge on any atom is 0.255 e. The molecular weight excluding hydrogens is 441 g/mol. The number of amides is 2. The first kappa shape index (κ1) is 22.1. The molecule has 0 spiro atoms. The van der Waals surface area contributed by atoms with Crippen LogP contribution >= 0.6 is 0 Å². The zero-order chi connectivity index (χ0) is 23.8. The van der Waals surface area contributed by atoms with Crippen LogP contribution < -0.4 is 14.8 Å². The highest BCUT2D eigenvalue weighted by atomic mass is 19.1. The number of rotatable bonds is 7. The van der Waals surface area contributed by atoms with E-state index in [1.165, 1.54) is 26.4 Å². The first-order valence-electron chi connectivity index (χ1n) is 11.3. The smallest absolute Gasteiger partial charge is 0.255 e. The van der Waals surface area contributed by atoms with E-state index in [4.69, 9.17) is 9.47 Å². The second-order valence-corrected chi connectivity index (χ2v) is 8.81. The summed E-state index contributed by atoms with van der Waals surface area (Å²) in [6.45, 7) is 3.14. The fourth-order valence-corrected chi connectivity index (χ4v) is 4.23. The van der Waals surface area contributed by atoms with Crippen LogP contribution in [0.25, 0.3) is 22.3 Å². The van der Waals surface area contributed by atoms with Crippen molar-refractivity contribution in [3.8, 4) is 22.8 Å². The number of hydrogen-bond donors (Lipinski definition) is 2. The molecule has 0 unspecified atom stereocenters. The minimum absolute atomic E-state index is 0.00402. The van der Waals surface area contributed by atoms with Crippen molar-refractivity contribution < 1.29 is 23.5 Å². The Hall–Kier alpha value is -3.69. The molecule has 0 radical (unpaired) electrons. The molecule has 1 saturated carbocycles. The Morgan fingerprint density at radius 1 is 1.24 bits per heavy atom. The molecule has 2 aliphatic rings. The first-order valence-corrected chi connectivity index (χ1v) is 11.3. The molecule has 2 amide bonds. The molecule has 3 aromatic rings. The van der Waals surface area contributed by atoms with Crippen LogP contribution in [0.1, 0.15) is 36.5 Å². The van der Waals surface area contributed by atoms with E-state index in [1.807, 2.05) is 0 Å². The first-order chi connectivity index (χ1) is 16.4. The molecule has 1 atom stereocenters. The zero-order valence-electron chi connectivity index (χ0n) is 19.1. The normalized spacial score (nSPS) is 17.7. The third-order valence-electron chi connectivity index (χ3n) is 6.36. The number of fused-ring (bicyclic) bond motifs is 1. The number of carbonyl (C=O) groups excluding carboxylic acids is 2. The Labute approximate surface area is 195 Å². The molecule has 1 saturated heterocycles. The number of aromatic amines is 1. The summed E-state index contributed by atoms with van der Waals surface area (Å²) in [4.78, 5) is 38.1. The van der Waals surface area contributed by atoms with Crippen LogP contribution in [0.5, 0.6) is 11.5 Å². The molecule has 1 aromatic carbocycles. The third kappa shape index (κ3) is 4.27. The van der Waals surface area contributed by atoms with E-state index in [0.29, 0.717) is 65.6 Å². The van der Waals surface area contributed by atoms with Gasteiger partial charge in [-0.3, -0.25) is 9.59 Å². The summed E-state index contributed by atoms with van der Waals surface area (Å²) in [6.07, 6.45) is 5.86. The number of nitrogens with one attached hydrogen (secondary N) is 2. The molecule has 2 N–H and O–H groups in total. The molecule has 178 valence electrons. The summed E-state index contributed by atoms with van der Waals surface area (Å²) in [7, 11) is 1.40. The van der Waals surface area contributed by atoms with Crippen LogP contribution in [0.3, 0.4) is 0 Å². The summed E-state index contributed by atoms with van der Waals surface area (Å²) >= 11 is 0. The highest BCUT2D eigenvalue weighted by Crippen LogP contribution is 2.39. The molecule has 1 aliphatic carbocycles. The predicted molar refractivity (Wildman–Crippen MR) is 122 cm³/mol. The van der Waals surface area contributed by atoms with Crippen molar-refractivity contribution >= 4 is 22.8 Å². The van der Waals surface area contributed by atoms with E-state index in [2.05, 4.69) is 20.3 Å². The largest absolute Gasteiger partial charge is 0.494 e. The number of benzene rings is 1. The Bertz CT molecular complexity index is 1260. The molecule has 10 heteroatoms. The molecule has 1 aliphatic heterocycles. The number of hydrogen-bond acceptors (Lipinski definition) is 6. The molecule has 34 heavy (non-hydrogen) atoms. The number of methoxy groups -OCH3 is 1. The number of ether oxygens (including phenoxy) is 2. The van der Waals surface area contributed by atoms with Gasteiger partial charge in [0.2, 0.25) is 5.91 Å². The fraction of sp³-hybridized carbons (Fsp3) is 0.417. The molecule has 9 nitrogen and oxygen atoms in total. The number of H-pyrrole nitrogens is 1. The van der Waals surface area contributed by atoms with Crippen LogP contribution in [0.15, 0.2) is 24.7 Å². The topological polar surface area (TPSA) is 109 Å². The van der Waals surface area contributed by atoms with Gasteiger partial charge in [-0.25, -0.2) is 14.4 Å². The van der Waals surface area contributed by atoms with Crippen LogP contribution in [0.2, 0.25) is 0 Å². The lowest BCUT2D eigenvalue weighted by molar-refractivity contribution is -0.127. The van der Waals surface area contributed by atoms with E-state index in [1.54, 1.807) is 17.2 Å². The fourth-order valence-electron chi connectivity index (χ4n) is 4.23. The minimum atomic E-state index is -0.523. The second-order valence-electron chi connectivity index (χ2n) is 8.81. The van der Waals surface area contributed by atoms with E-state index in [-0.39, 0.29) is 23.6 Å². The van der Waals surface area contributed by atoms with Gasteiger partial charge < -0.3 is 24.7 Å². The van der Waals surface area contributed by atoms with Crippen molar-refractivity contribution in [2.75, 3.05) is 26.8 Å². The van der Waals surface area contributed by atoms with Crippen LogP contribution in [-0.4, -0.2) is 64.5 Å². The number of aromatic nitrogens is 3. The Morgan fingerprint density at radius 3 is 2.76 bits per heavy atom. The summed E-state index contributed by atoms with van der Waals surface area (Å²) in [5, 5.41) is 2.99. The van der Waals surface area contributed by atoms with Gasteiger partial charge in [-0.05, 0) is 31.2 Å². The SMILES string of the molecule is COc1cc(-c2ncnc3c(C(=O)N[C@@H]4CCN(C(C)=O)C4)c[nH]c23)c(OCC2CC2)cc1F. The Kier molecular flexibility index (Phi) is 5.80.